The second kappa shape index (κ2) is 9.04. The van der Waals surface area contributed by atoms with Gasteiger partial charge in [-0.3, -0.25) is 9.78 Å². The SMILES string of the molecule is COc1ccc(CCNC(=O)c2cc(Nc3ccc(C)c(C)c3)ccn2)cc1. The number of rotatable bonds is 7. The third kappa shape index (κ3) is 5.10. The minimum absolute atomic E-state index is 0.183. The van der Waals surface area contributed by atoms with E-state index in [0.717, 1.165) is 29.1 Å². The van der Waals surface area contributed by atoms with E-state index in [4.69, 9.17) is 4.74 Å². The van der Waals surface area contributed by atoms with Crippen LogP contribution in [0.2, 0.25) is 0 Å². The number of nitrogens with zero attached hydrogens (tertiary/aromatic N) is 1. The molecule has 28 heavy (non-hydrogen) atoms. The van der Waals surface area contributed by atoms with Gasteiger partial charge in [0.15, 0.2) is 0 Å². The van der Waals surface area contributed by atoms with Crippen LogP contribution in [-0.4, -0.2) is 24.5 Å². The van der Waals surface area contributed by atoms with Crippen LogP contribution in [0.5, 0.6) is 5.75 Å². The van der Waals surface area contributed by atoms with Crippen molar-refractivity contribution in [3.63, 3.8) is 0 Å². The summed E-state index contributed by atoms with van der Waals surface area (Å²) in [5.41, 5.74) is 5.81. The Kier molecular flexibility index (Phi) is 6.27. The first-order chi connectivity index (χ1) is 13.5. The van der Waals surface area contributed by atoms with Gasteiger partial charge in [0.25, 0.3) is 5.91 Å². The van der Waals surface area contributed by atoms with E-state index < -0.39 is 0 Å². The lowest BCUT2D eigenvalue weighted by Gasteiger charge is -2.10. The first-order valence-electron chi connectivity index (χ1n) is 9.26. The Labute approximate surface area is 165 Å². The van der Waals surface area contributed by atoms with Crippen LogP contribution in [0.4, 0.5) is 11.4 Å². The topological polar surface area (TPSA) is 63.2 Å². The Bertz CT molecular complexity index is 952. The molecular formula is C23H25N3O2. The molecule has 0 unspecified atom stereocenters. The molecule has 5 heteroatoms. The van der Waals surface area contributed by atoms with Crippen LogP contribution in [0.3, 0.4) is 0 Å². The number of carbonyl (C=O) groups excluding carboxylic acids is 1. The highest BCUT2D eigenvalue weighted by molar-refractivity contribution is 5.93. The van der Waals surface area contributed by atoms with Crippen molar-refractivity contribution in [1.82, 2.24) is 10.3 Å². The normalized spacial score (nSPS) is 10.4. The number of nitrogens with one attached hydrogen (secondary N) is 2. The number of pyridine rings is 1. The molecule has 0 spiro atoms. The molecular weight excluding hydrogens is 350 g/mol. The summed E-state index contributed by atoms with van der Waals surface area (Å²) >= 11 is 0. The molecule has 0 aliphatic rings. The first kappa shape index (κ1) is 19.4. The van der Waals surface area contributed by atoms with E-state index in [1.165, 1.54) is 11.1 Å². The summed E-state index contributed by atoms with van der Waals surface area (Å²) < 4.78 is 5.15. The zero-order valence-corrected chi connectivity index (χ0v) is 16.5. The second-order valence-corrected chi connectivity index (χ2v) is 6.71. The number of carbonyl (C=O) groups is 1. The Morgan fingerprint density at radius 2 is 1.71 bits per heavy atom. The Hall–Kier alpha value is -3.34. The van der Waals surface area contributed by atoms with Crippen molar-refractivity contribution in [3.8, 4) is 5.75 Å². The monoisotopic (exact) mass is 375 g/mol. The Balaban J connectivity index is 1.57. The van der Waals surface area contributed by atoms with Gasteiger partial charge in [0.2, 0.25) is 0 Å². The van der Waals surface area contributed by atoms with Gasteiger partial charge in [-0.2, -0.15) is 0 Å². The predicted molar refractivity (Wildman–Crippen MR) is 112 cm³/mol. The lowest BCUT2D eigenvalue weighted by molar-refractivity contribution is 0.0949. The lowest BCUT2D eigenvalue weighted by Crippen LogP contribution is -2.26. The number of hydrogen-bond acceptors (Lipinski definition) is 4. The van der Waals surface area contributed by atoms with Gasteiger partial charge in [-0.25, -0.2) is 0 Å². The zero-order valence-electron chi connectivity index (χ0n) is 16.5. The smallest absolute Gasteiger partial charge is 0.269 e. The largest absolute Gasteiger partial charge is 0.497 e. The van der Waals surface area contributed by atoms with Gasteiger partial charge in [0.1, 0.15) is 11.4 Å². The number of methoxy groups -OCH3 is 1. The second-order valence-electron chi connectivity index (χ2n) is 6.71. The maximum atomic E-state index is 12.4. The molecule has 0 aliphatic carbocycles. The maximum absolute atomic E-state index is 12.4. The van der Waals surface area contributed by atoms with Gasteiger partial charge < -0.3 is 15.4 Å². The Morgan fingerprint density at radius 3 is 2.43 bits per heavy atom. The van der Waals surface area contributed by atoms with Gasteiger partial charge in [0.05, 0.1) is 7.11 Å². The summed E-state index contributed by atoms with van der Waals surface area (Å²) in [4.78, 5) is 16.6. The molecule has 1 amide bonds. The molecule has 1 heterocycles. The summed E-state index contributed by atoms with van der Waals surface area (Å²) in [6.45, 7) is 4.70. The average Bonchev–Trinajstić information content (AvgIpc) is 2.71. The molecule has 3 rings (SSSR count). The van der Waals surface area contributed by atoms with Crippen LogP contribution < -0.4 is 15.4 Å². The van der Waals surface area contributed by atoms with Crippen molar-refractivity contribution in [1.29, 1.82) is 0 Å². The van der Waals surface area contributed by atoms with Gasteiger partial charge in [0, 0.05) is 24.1 Å². The minimum atomic E-state index is -0.183. The maximum Gasteiger partial charge on any atom is 0.269 e. The van der Waals surface area contributed by atoms with Crippen LogP contribution in [0.1, 0.15) is 27.2 Å². The molecule has 0 atom stereocenters. The van der Waals surface area contributed by atoms with Crippen molar-refractivity contribution in [2.24, 2.45) is 0 Å². The van der Waals surface area contributed by atoms with Crippen LogP contribution in [-0.2, 0) is 6.42 Å². The van der Waals surface area contributed by atoms with Crippen LogP contribution in [0.15, 0.2) is 60.8 Å². The molecule has 1 aromatic heterocycles. The molecule has 0 saturated heterocycles. The minimum Gasteiger partial charge on any atom is -0.497 e. The molecule has 144 valence electrons. The van der Waals surface area contributed by atoms with Crippen LogP contribution in [0, 0.1) is 13.8 Å². The number of aryl methyl sites for hydroxylation is 2. The van der Waals surface area contributed by atoms with Crippen molar-refractivity contribution in [3.05, 3.63) is 83.2 Å². The Morgan fingerprint density at radius 1 is 0.964 bits per heavy atom. The van der Waals surface area contributed by atoms with E-state index in [-0.39, 0.29) is 5.91 Å². The molecule has 2 N–H and O–H groups in total. The number of benzene rings is 2. The van der Waals surface area contributed by atoms with Crippen molar-refractivity contribution < 1.29 is 9.53 Å². The predicted octanol–water partition coefficient (Wildman–Crippen LogP) is 4.42. The highest BCUT2D eigenvalue weighted by atomic mass is 16.5. The summed E-state index contributed by atoms with van der Waals surface area (Å²) in [5.74, 6) is 0.641. The third-order valence-corrected chi connectivity index (χ3v) is 4.65. The fourth-order valence-electron chi connectivity index (χ4n) is 2.82. The summed E-state index contributed by atoms with van der Waals surface area (Å²) in [6.07, 6.45) is 2.39. The van der Waals surface area contributed by atoms with Crippen molar-refractivity contribution >= 4 is 17.3 Å². The van der Waals surface area contributed by atoms with E-state index >= 15 is 0 Å². The highest BCUT2D eigenvalue weighted by Gasteiger charge is 2.08. The van der Waals surface area contributed by atoms with Gasteiger partial charge in [-0.15, -0.1) is 0 Å². The van der Waals surface area contributed by atoms with Crippen molar-refractivity contribution in [2.75, 3.05) is 19.0 Å². The van der Waals surface area contributed by atoms with Crippen LogP contribution >= 0.6 is 0 Å². The molecule has 5 nitrogen and oxygen atoms in total. The van der Waals surface area contributed by atoms with E-state index in [9.17, 15) is 4.79 Å². The fourth-order valence-corrected chi connectivity index (χ4v) is 2.82. The number of anilines is 2. The summed E-state index contributed by atoms with van der Waals surface area (Å²) in [5, 5.41) is 6.25. The summed E-state index contributed by atoms with van der Waals surface area (Å²) in [7, 11) is 1.64. The number of aromatic nitrogens is 1. The lowest BCUT2D eigenvalue weighted by atomic mass is 10.1. The van der Waals surface area contributed by atoms with Gasteiger partial charge in [-0.05, 0) is 73.4 Å². The summed E-state index contributed by atoms with van der Waals surface area (Å²) in [6, 6.07) is 17.6. The van der Waals surface area contributed by atoms with E-state index in [1.54, 1.807) is 19.4 Å². The van der Waals surface area contributed by atoms with E-state index in [0.29, 0.717) is 12.2 Å². The standard InChI is InChI=1S/C23H25N3O2/c1-16-4-7-19(14-17(16)2)26-20-11-13-24-22(15-20)23(27)25-12-10-18-5-8-21(28-3)9-6-18/h4-9,11,13-15H,10,12H2,1-3H3,(H,24,26)(H,25,27). The fraction of sp³-hybridized carbons (Fsp3) is 0.217. The van der Waals surface area contributed by atoms with E-state index in [2.05, 4.69) is 41.6 Å². The van der Waals surface area contributed by atoms with Crippen LogP contribution in [0.25, 0.3) is 0 Å². The van der Waals surface area contributed by atoms with Crippen molar-refractivity contribution in [2.45, 2.75) is 20.3 Å². The molecule has 0 radical (unpaired) electrons. The molecule has 2 aromatic carbocycles. The quantitative estimate of drug-likeness (QED) is 0.641. The first-order valence-corrected chi connectivity index (χ1v) is 9.26. The molecule has 0 saturated carbocycles. The van der Waals surface area contributed by atoms with Gasteiger partial charge in [-0.1, -0.05) is 18.2 Å². The highest BCUT2D eigenvalue weighted by Crippen LogP contribution is 2.20. The zero-order chi connectivity index (χ0) is 19.9. The molecule has 0 aliphatic heterocycles. The number of amides is 1. The van der Waals surface area contributed by atoms with Gasteiger partial charge >= 0.3 is 0 Å². The van der Waals surface area contributed by atoms with E-state index in [1.807, 2.05) is 36.4 Å². The molecule has 3 aromatic rings. The number of ether oxygens (including phenoxy) is 1. The third-order valence-electron chi connectivity index (χ3n) is 4.65. The average molecular weight is 375 g/mol. The number of hydrogen-bond donors (Lipinski definition) is 2. The molecule has 0 bridgehead atoms. The molecule has 0 fully saturated rings.